The lowest BCUT2D eigenvalue weighted by Crippen LogP contribution is -2.38. The average Bonchev–Trinajstić information content (AvgIpc) is 2.93. The van der Waals surface area contributed by atoms with Gasteiger partial charge in [0, 0.05) is 17.7 Å². The summed E-state index contributed by atoms with van der Waals surface area (Å²) in [4.78, 5) is 2.36. The van der Waals surface area contributed by atoms with Crippen LogP contribution < -0.4 is 5.46 Å². The third kappa shape index (κ3) is 2.43. The van der Waals surface area contributed by atoms with Crippen LogP contribution in [0, 0.1) is 0 Å². The molecule has 3 rings (SSSR count). The van der Waals surface area contributed by atoms with Crippen molar-refractivity contribution >= 4 is 24.2 Å². The maximum atomic E-state index is 5.97. The molecule has 0 aliphatic carbocycles. The van der Waals surface area contributed by atoms with Crippen LogP contribution in [0.25, 0.3) is 0 Å². The minimum absolute atomic E-state index is 0.216. The highest BCUT2D eigenvalue weighted by molar-refractivity contribution is 6.63. The van der Waals surface area contributed by atoms with Crippen molar-refractivity contribution in [3.05, 3.63) is 28.8 Å². The zero-order valence-corrected chi connectivity index (χ0v) is 11.3. The van der Waals surface area contributed by atoms with E-state index in [1.54, 1.807) is 0 Å². The van der Waals surface area contributed by atoms with Gasteiger partial charge in [0.1, 0.15) is 0 Å². The van der Waals surface area contributed by atoms with Gasteiger partial charge in [0.15, 0.2) is 0 Å². The Kier molecular flexibility index (Phi) is 3.62. The van der Waals surface area contributed by atoms with Crippen LogP contribution in [0.4, 0.5) is 0 Å². The molecule has 2 heterocycles. The zero-order valence-electron chi connectivity index (χ0n) is 10.6. The first-order valence-electron chi connectivity index (χ1n) is 6.46. The van der Waals surface area contributed by atoms with Crippen molar-refractivity contribution in [2.45, 2.75) is 25.5 Å². The SMILES string of the molecule is CN1CCCC1COB1OCc2cc(Cl)ccc21. The molecule has 3 nitrogen and oxygen atoms in total. The number of hydrogen-bond donors (Lipinski definition) is 0. The molecule has 5 heteroatoms. The molecule has 0 aromatic heterocycles. The molecule has 0 N–H and O–H groups in total. The van der Waals surface area contributed by atoms with Gasteiger partial charge in [-0.15, -0.1) is 0 Å². The van der Waals surface area contributed by atoms with Crippen LogP contribution in [0.3, 0.4) is 0 Å². The number of rotatable bonds is 3. The number of hydrogen-bond acceptors (Lipinski definition) is 3. The fraction of sp³-hybridized carbons (Fsp3) is 0.538. The number of benzene rings is 1. The largest absolute Gasteiger partial charge is 0.494 e. The molecule has 1 atom stereocenters. The zero-order chi connectivity index (χ0) is 12.5. The fourth-order valence-corrected chi connectivity index (χ4v) is 2.91. The summed E-state index contributed by atoms with van der Waals surface area (Å²) < 4.78 is 11.6. The predicted octanol–water partition coefficient (Wildman–Crippen LogP) is 1.68. The third-order valence-corrected chi connectivity index (χ3v) is 4.10. The molecular formula is C13H17BClNO2. The van der Waals surface area contributed by atoms with Crippen molar-refractivity contribution in [3.63, 3.8) is 0 Å². The Morgan fingerprint density at radius 1 is 1.56 bits per heavy atom. The summed E-state index contributed by atoms with van der Waals surface area (Å²) in [6.45, 7) is 2.51. The summed E-state index contributed by atoms with van der Waals surface area (Å²) >= 11 is 5.97. The molecule has 0 radical (unpaired) electrons. The van der Waals surface area contributed by atoms with Crippen LogP contribution in [-0.4, -0.2) is 38.3 Å². The highest BCUT2D eigenvalue weighted by atomic mass is 35.5. The summed E-state index contributed by atoms with van der Waals surface area (Å²) in [5.74, 6) is 0. The van der Waals surface area contributed by atoms with Crippen LogP contribution in [0.15, 0.2) is 18.2 Å². The molecule has 2 aliphatic rings. The lowest BCUT2D eigenvalue weighted by molar-refractivity contribution is 0.158. The monoisotopic (exact) mass is 265 g/mol. The van der Waals surface area contributed by atoms with Crippen LogP contribution >= 0.6 is 11.6 Å². The quantitative estimate of drug-likeness (QED) is 0.776. The van der Waals surface area contributed by atoms with Gasteiger partial charge in [-0.1, -0.05) is 17.7 Å². The van der Waals surface area contributed by atoms with Gasteiger partial charge >= 0.3 is 7.12 Å². The molecule has 1 fully saturated rings. The minimum Gasteiger partial charge on any atom is -0.406 e. The van der Waals surface area contributed by atoms with E-state index in [1.165, 1.54) is 19.4 Å². The van der Waals surface area contributed by atoms with Crippen molar-refractivity contribution in [2.75, 3.05) is 20.2 Å². The van der Waals surface area contributed by atoms with E-state index >= 15 is 0 Å². The van der Waals surface area contributed by atoms with E-state index in [0.717, 1.165) is 22.7 Å². The van der Waals surface area contributed by atoms with E-state index in [9.17, 15) is 0 Å². The Labute approximate surface area is 113 Å². The molecule has 1 aromatic carbocycles. The summed E-state index contributed by atoms with van der Waals surface area (Å²) in [6.07, 6.45) is 2.49. The highest BCUT2D eigenvalue weighted by Gasteiger charge is 2.32. The summed E-state index contributed by atoms with van der Waals surface area (Å²) in [6, 6.07) is 6.40. The van der Waals surface area contributed by atoms with Gasteiger partial charge in [0.2, 0.25) is 0 Å². The maximum Gasteiger partial charge on any atom is 0.494 e. The molecule has 18 heavy (non-hydrogen) atoms. The second-order valence-corrected chi connectivity index (χ2v) is 5.53. The summed E-state index contributed by atoms with van der Waals surface area (Å²) in [5, 5.41) is 0.758. The van der Waals surface area contributed by atoms with Gasteiger partial charge in [0.05, 0.1) is 6.61 Å². The Hall–Kier alpha value is -0.545. The molecule has 0 bridgehead atoms. The smallest absolute Gasteiger partial charge is 0.406 e. The first-order chi connectivity index (χ1) is 8.74. The highest BCUT2D eigenvalue weighted by Crippen LogP contribution is 2.19. The number of halogens is 1. The Morgan fingerprint density at radius 3 is 3.22 bits per heavy atom. The van der Waals surface area contributed by atoms with E-state index in [1.807, 2.05) is 18.2 Å². The molecule has 0 spiro atoms. The minimum atomic E-state index is -0.216. The maximum absolute atomic E-state index is 5.97. The molecule has 1 aromatic rings. The fourth-order valence-electron chi connectivity index (χ4n) is 2.71. The van der Waals surface area contributed by atoms with E-state index in [-0.39, 0.29) is 7.12 Å². The van der Waals surface area contributed by atoms with Crippen LogP contribution in [0.2, 0.25) is 5.02 Å². The number of likely N-dealkylation sites (N-methyl/N-ethyl adjacent to an activating group) is 1. The van der Waals surface area contributed by atoms with Gasteiger partial charge in [-0.2, -0.15) is 0 Å². The predicted molar refractivity (Wildman–Crippen MR) is 73.2 cm³/mol. The summed E-state index contributed by atoms with van der Waals surface area (Å²) in [7, 11) is 1.94. The van der Waals surface area contributed by atoms with Crippen molar-refractivity contribution in [2.24, 2.45) is 0 Å². The van der Waals surface area contributed by atoms with E-state index in [4.69, 9.17) is 20.9 Å². The van der Waals surface area contributed by atoms with Gasteiger partial charge in [-0.05, 0) is 49.6 Å². The molecule has 0 amide bonds. The van der Waals surface area contributed by atoms with E-state index < -0.39 is 0 Å². The lowest BCUT2D eigenvalue weighted by atomic mass is 9.79. The topological polar surface area (TPSA) is 21.7 Å². The average molecular weight is 266 g/mol. The van der Waals surface area contributed by atoms with Gasteiger partial charge in [-0.3, -0.25) is 0 Å². The molecule has 96 valence electrons. The molecule has 1 saturated heterocycles. The first-order valence-corrected chi connectivity index (χ1v) is 6.83. The molecular weight excluding hydrogens is 248 g/mol. The van der Waals surface area contributed by atoms with Crippen molar-refractivity contribution in [1.82, 2.24) is 4.90 Å². The second-order valence-electron chi connectivity index (χ2n) is 5.10. The normalized spacial score (nSPS) is 23.7. The standard InChI is InChI=1S/C13H17BClNO2/c1-16-6-2-3-12(16)9-18-14-13-5-4-11(15)7-10(13)8-17-14/h4-5,7,12H,2-3,6,8-9H2,1H3. The Balaban J connectivity index is 1.62. The van der Waals surface area contributed by atoms with Crippen molar-refractivity contribution in [1.29, 1.82) is 0 Å². The van der Waals surface area contributed by atoms with Gasteiger partial charge in [0.25, 0.3) is 0 Å². The van der Waals surface area contributed by atoms with Crippen LogP contribution in [0.5, 0.6) is 0 Å². The summed E-state index contributed by atoms with van der Waals surface area (Å²) in [5.41, 5.74) is 2.27. The second kappa shape index (κ2) is 5.21. The van der Waals surface area contributed by atoms with Crippen molar-refractivity contribution in [3.8, 4) is 0 Å². The van der Waals surface area contributed by atoms with E-state index in [2.05, 4.69) is 11.9 Å². The number of nitrogens with zero attached hydrogens (tertiary/aromatic N) is 1. The van der Waals surface area contributed by atoms with Crippen LogP contribution in [0.1, 0.15) is 18.4 Å². The molecule has 2 aliphatic heterocycles. The van der Waals surface area contributed by atoms with Gasteiger partial charge < -0.3 is 14.2 Å². The number of likely N-dealkylation sites (tertiary alicyclic amines) is 1. The Bertz CT molecular complexity index is 443. The first kappa shape index (κ1) is 12.5. The molecule has 0 saturated carbocycles. The van der Waals surface area contributed by atoms with E-state index in [0.29, 0.717) is 12.6 Å². The van der Waals surface area contributed by atoms with Crippen LogP contribution in [-0.2, 0) is 15.9 Å². The molecule has 1 unspecified atom stereocenters. The number of fused-ring (bicyclic) bond motifs is 1. The third-order valence-electron chi connectivity index (χ3n) is 3.86. The van der Waals surface area contributed by atoms with Gasteiger partial charge in [-0.25, -0.2) is 0 Å². The Morgan fingerprint density at radius 2 is 2.44 bits per heavy atom. The van der Waals surface area contributed by atoms with Crippen molar-refractivity contribution < 1.29 is 9.31 Å². The lowest BCUT2D eigenvalue weighted by Gasteiger charge is -2.20.